The van der Waals surface area contributed by atoms with Gasteiger partial charge in [-0.2, -0.15) is 4.98 Å². The van der Waals surface area contributed by atoms with E-state index in [1.165, 1.54) is 16.9 Å². The molecule has 0 aliphatic carbocycles. The van der Waals surface area contributed by atoms with Gasteiger partial charge in [0.1, 0.15) is 10.7 Å². The van der Waals surface area contributed by atoms with Gasteiger partial charge < -0.3 is 9.84 Å². The smallest absolute Gasteiger partial charge is 0.270 e. The third kappa shape index (κ3) is 4.54. The summed E-state index contributed by atoms with van der Waals surface area (Å²) in [7, 11) is 0. The summed E-state index contributed by atoms with van der Waals surface area (Å²) in [6.45, 7) is 6.62. The molecule has 0 bridgehead atoms. The molecule has 1 N–H and O–H groups in total. The topological polar surface area (TPSA) is 80.9 Å². The van der Waals surface area contributed by atoms with Gasteiger partial charge in [-0.15, -0.1) is 11.3 Å². The molecule has 0 saturated carbocycles. The van der Waals surface area contributed by atoms with Crippen LogP contribution in [0.5, 0.6) is 0 Å². The summed E-state index contributed by atoms with van der Waals surface area (Å²) in [6, 6.07) is 8.12. The second-order valence-electron chi connectivity index (χ2n) is 6.46. The molecule has 2 heterocycles. The molecular weight excluding hydrogens is 348 g/mol. The molecule has 0 radical (unpaired) electrons. The summed E-state index contributed by atoms with van der Waals surface area (Å²) in [5.74, 6) is 1.42. The van der Waals surface area contributed by atoms with Crippen molar-refractivity contribution in [2.45, 2.75) is 39.5 Å². The van der Waals surface area contributed by atoms with Crippen LogP contribution in [0.25, 0.3) is 10.6 Å². The highest BCUT2D eigenvalue weighted by Gasteiger charge is 2.12. The van der Waals surface area contributed by atoms with Gasteiger partial charge in [-0.1, -0.05) is 48.8 Å². The highest BCUT2D eigenvalue weighted by Crippen LogP contribution is 2.23. The first kappa shape index (κ1) is 18.3. The summed E-state index contributed by atoms with van der Waals surface area (Å²) in [4.78, 5) is 21.0. The van der Waals surface area contributed by atoms with Crippen LogP contribution >= 0.6 is 11.3 Å². The van der Waals surface area contributed by atoms with E-state index in [4.69, 9.17) is 4.52 Å². The van der Waals surface area contributed by atoms with Crippen molar-refractivity contribution in [2.75, 3.05) is 6.54 Å². The maximum atomic E-state index is 12.2. The van der Waals surface area contributed by atoms with Gasteiger partial charge in [-0.3, -0.25) is 4.79 Å². The summed E-state index contributed by atoms with van der Waals surface area (Å²) >= 11 is 1.47. The van der Waals surface area contributed by atoms with Crippen LogP contribution in [0, 0.1) is 6.92 Å². The standard InChI is InChI=1S/C19H22N4O2S/c1-12(2)17-22-16(25-23-17)5-4-10-20-18(24)15-11-26-19(21-15)14-8-6-13(3)7-9-14/h6-9,11-12H,4-5,10H2,1-3H3,(H,20,24). The normalized spacial score (nSPS) is 11.1. The number of aryl methyl sites for hydroxylation is 2. The molecule has 1 aromatic carbocycles. The summed E-state index contributed by atoms with van der Waals surface area (Å²) in [5.41, 5.74) is 2.67. The monoisotopic (exact) mass is 370 g/mol. The highest BCUT2D eigenvalue weighted by molar-refractivity contribution is 7.13. The molecule has 0 spiro atoms. The molecule has 0 aliphatic rings. The fraction of sp³-hybridized carbons (Fsp3) is 0.368. The molecule has 0 fully saturated rings. The number of amides is 1. The Bertz CT molecular complexity index is 868. The van der Waals surface area contributed by atoms with Gasteiger partial charge in [0, 0.05) is 29.8 Å². The average molecular weight is 370 g/mol. The second-order valence-corrected chi connectivity index (χ2v) is 7.32. The van der Waals surface area contributed by atoms with Gasteiger partial charge in [0.25, 0.3) is 5.91 Å². The minimum absolute atomic E-state index is 0.159. The molecule has 0 aliphatic heterocycles. The number of aromatic nitrogens is 3. The molecule has 3 aromatic rings. The van der Waals surface area contributed by atoms with Crippen molar-refractivity contribution in [1.82, 2.24) is 20.4 Å². The Labute approximate surface area is 156 Å². The van der Waals surface area contributed by atoms with Crippen LogP contribution in [-0.4, -0.2) is 27.6 Å². The first-order valence-corrected chi connectivity index (χ1v) is 9.54. The van der Waals surface area contributed by atoms with Crippen LogP contribution in [0.15, 0.2) is 34.2 Å². The number of rotatable bonds is 7. The molecule has 0 saturated heterocycles. The third-order valence-corrected chi connectivity index (χ3v) is 4.78. The van der Waals surface area contributed by atoms with E-state index in [0.717, 1.165) is 22.8 Å². The Balaban J connectivity index is 1.48. The minimum atomic E-state index is -0.159. The van der Waals surface area contributed by atoms with Gasteiger partial charge in [0.05, 0.1) is 0 Å². The highest BCUT2D eigenvalue weighted by atomic mass is 32.1. The van der Waals surface area contributed by atoms with Crippen molar-refractivity contribution in [1.29, 1.82) is 0 Å². The Kier molecular flexibility index (Phi) is 5.78. The fourth-order valence-corrected chi connectivity index (χ4v) is 3.15. The van der Waals surface area contributed by atoms with Gasteiger partial charge in [-0.05, 0) is 13.3 Å². The lowest BCUT2D eigenvalue weighted by Crippen LogP contribution is -2.25. The number of benzene rings is 1. The lowest BCUT2D eigenvalue weighted by Gasteiger charge is -2.01. The maximum absolute atomic E-state index is 12.2. The van der Waals surface area contributed by atoms with Crippen LogP contribution in [0.4, 0.5) is 0 Å². The van der Waals surface area contributed by atoms with Crippen molar-refractivity contribution < 1.29 is 9.32 Å². The average Bonchev–Trinajstić information content (AvgIpc) is 3.29. The SMILES string of the molecule is Cc1ccc(-c2nc(C(=O)NCCCc3nc(C(C)C)no3)cs2)cc1. The Hall–Kier alpha value is -2.54. The van der Waals surface area contributed by atoms with Crippen LogP contribution in [0.2, 0.25) is 0 Å². The van der Waals surface area contributed by atoms with Gasteiger partial charge >= 0.3 is 0 Å². The van der Waals surface area contributed by atoms with Crippen LogP contribution in [0.3, 0.4) is 0 Å². The molecule has 26 heavy (non-hydrogen) atoms. The molecule has 6 nitrogen and oxygen atoms in total. The zero-order valence-corrected chi connectivity index (χ0v) is 16.0. The fourth-order valence-electron chi connectivity index (χ4n) is 2.34. The predicted molar refractivity (Wildman–Crippen MR) is 101 cm³/mol. The van der Waals surface area contributed by atoms with E-state index in [2.05, 4.69) is 20.4 Å². The molecule has 7 heteroatoms. The lowest BCUT2D eigenvalue weighted by molar-refractivity contribution is 0.0948. The number of thiazole rings is 1. The number of nitrogens with one attached hydrogen (secondary N) is 1. The molecular formula is C19H22N4O2S. The molecule has 3 rings (SSSR count). The van der Waals surface area contributed by atoms with E-state index in [1.807, 2.05) is 45.0 Å². The zero-order chi connectivity index (χ0) is 18.5. The molecule has 2 aromatic heterocycles. The minimum Gasteiger partial charge on any atom is -0.351 e. The van der Waals surface area contributed by atoms with E-state index < -0.39 is 0 Å². The van der Waals surface area contributed by atoms with Crippen LogP contribution in [-0.2, 0) is 6.42 Å². The third-order valence-electron chi connectivity index (χ3n) is 3.89. The van der Waals surface area contributed by atoms with Gasteiger partial charge in [0.2, 0.25) is 5.89 Å². The maximum Gasteiger partial charge on any atom is 0.270 e. The quantitative estimate of drug-likeness (QED) is 0.636. The summed E-state index contributed by atoms with van der Waals surface area (Å²) in [5, 5.41) is 9.46. The lowest BCUT2D eigenvalue weighted by atomic mass is 10.2. The van der Waals surface area contributed by atoms with Crippen molar-refractivity contribution in [3.05, 3.63) is 52.6 Å². The van der Waals surface area contributed by atoms with Crippen molar-refractivity contribution in [3.8, 4) is 10.6 Å². The number of carbonyl (C=O) groups excluding carboxylic acids is 1. The van der Waals surface area contributed by atoms with Crippen molar-refractivity contribution in [2.24, 2.45) is 0 Å². The van der Waals surface area contributed by atoms with Crippen LogP contribution < -0.4 is 5.32 Å². The summed E-state index contributed by atoms with van der Waals surface area (Å²) in [6.07, 6.45) is 1.38. The van der Waals surface area contributed by atoms with Crippen LogP contribution in [0.1, 0.15) is 54.0 Å². The van der Waals surface area contributed by atoms with Gasteiger partial charge in [0.15, 0.2) is 5.82 Å². The first-order valence-electron chi connectivity index (χ1n) is 8.66. The zero-order valence-electron chi connectivity index (χ0n) is 15.2. The largest absolute Gasteiger partial charge is 0.351 e. The Morgan fingerprint density at radius 2 is 2.00 bits per heavy atom. The first-order chi connectivity index (χ1) is 12.5. The number of nitrogens with zero attached hydrogens (tertiary/aromatic N) is 3. The van der Waals surface area contributed by atoms with E-state index in [9.17, 15) is 4.79 Å². The van der Waals surface area contributed by atoms with Crippen molar-refractivity contribution in [3.63, 3.8) is 0 Å². The molecule has 0 atom stereocenters. The molecule has 1 amide bonds. The van der Waals surface area contributed by atoms with E-state index in [0.29, 0.717) is 24.6 Å². The van der Waals surface area contributed by atoms with E-state index >= 15 is 0 Å². The number of hydrogen-bond donors (Lipinski definition) is 1. The molecule has 136 valence electrons. The van der Waals surface area contributed by atoms with Crippen molar-refractivity contribution >= 4 is 17.2 Å². The number of carbonyl (C=O) groups is 1. The Morgan fingerprint density at radius 3 is 2.69 bits per heavy atom. The summed E-state index contributed by atoms with van der Waals surface area (Å²) < 4.78 is 5.19. The Morgan fingerprint density at radius 1 is 1.23 bits per heavy atom. The predicted octanol–water partition coefficient (Wildman–Crippen LogP) is 3.99. The van der Waals surface area contributed by atoms with E-state index in [1.54, 1.807) is 5.38 Å². The van der Waals surface area contributed by atoms with Gasteiger partial charge in [-0.25, -0.2) is 4.98 Å². The second kappa shape index (κ2) is 8.23. The number of hydrogen-bond acceptors (Lipinski definition) is 6. The van der Waals surface area contributed by atoms with E-state index in [-0.39, 0.29) is 11.8 Å². The molecule has 0 unspecified atom stereocenters.